The van der Waals surface area contributed by atoms with Crippen LogP contribution in [0.5, 0.6) is 0 Å². The van der Waals surface area contributed by atoms with Crippen LogP contribution >= 0.6 is 0 Å². The van der Waals surface area contributed by atoms with Gasteiger partial charge in [-0.3, -0.25) is 4.90 Å². The largest absolute Gasteiger partial charge is 0.478 e. The molecular weight excluding hydrogens is 249 g/mol. The lowest BCUT2D eigenvalue weighted by atomic mass is 10.1. The molecule has 0 spiro atoms. The fraction of sp³-hybridized carbons (Fsp3) is 0.500. The van der Waals surface area contributed by atoms with E-state index < -0.39 is 11.8 Å². The number of rotatable bonds is 8. The van der Waals surface area contributed by atoms with Crippen molar-refractivity contribution in [1.82, 2.24) is 4.90 Å². The van der Waals surface area contributed by atoms with E-state index in [-0.39, 0.29) is 12.2 Å². The summed E-state index contributed by atoms with van der Waals surface area (Å²) in [5, 5.41) is 17.7. The Kier molecular flexibility index (Phi) is 6.45. The molecule has 0 radical (unpaired) electrons. The first kappa shape index (κ1) is 15.6. The smallest absolute Gasteiger partial charge is 0.338 e. The Morgan fingerprint density at radius 2 is 2.11 bits per heavy atom. The van der Waals surface area contributed by atoms with Crippen LogP contribution in [-0.4, -0.2) is 40.8 Å². The minimum Gasteiger partial charge on any atom is -0.478 e. The van der Waals surface area contributed by atoms with Gasteiger partial charge in [-0.15, -0.1) is 0 Å². The third-order valence-corrected chi connectivity index (χ3v) is 2.91. The molecule has 0 atom stereocenters. The molecule has 0 aliphatic carbocycles. The minimum absolute atomic E-state index is 0.0550. The fourth-order valence-corrected chi connectivity index (χ4v) is 1.88. The second-order valence-corrected chi connectivity index (χ2v) is 4.47. The molecule has 1 aromatic carbocycles. The fourth-order valence-electron chi connectivity index (χ4n) is 1.88. The van der Waals surface area contributed by atoms with E-state index in [2.05, 4.69) is 6.92 Å². The van der Waals surface area contributed by atoms with Crippen LogP contribution in [0.1, 0.15) is 35.7 Å². The first-order chi connectivity index (χ1) is 9.08. The molecule has 0 aliphatic heterocycles. The van der Waals surface area contributed by atoms with Crippen LogP contribution in [-0.2, 0) is 6.54 Å². The van der Waals surface area contributed by atoms with Crippen LogP contribution in [0.2, 0.25) is 0 Å². The Bertz CT molecular complexity index is 423. The standard InChI is InChI=1S/C14H20FNO3/c1-2-3-6-16(7-8-17)10-11-4-5-12(14(18)19)13(15)9-11/h4-5,9,17H,2-3,6-8,10H2,1H3,(H,18,19). The van der Waals surface area contributed by atoms with E-state index in [1.807, 2.05) is 4.90 Å². The van der Waals surface area contributed by atoms with Crippen molar-refractivity contribution in [3.05, 3.63) is 35.1 Å². The highest BCUT2D eigenvalue weighted by Crippen LogP contribution is 2.13. The lowest BCUT2D eigenvalue weighted by molar-refractivity contribution is 0.0692. The van der Waals surface area contributed by atoms with Crippen LogP contribution < -0.4 is 0 Å². The molecule has 1 rings (SSSR count). The summed E-state index contributed by atoms with van der Waals surface area (Å²) in [7, 11) is 0. The summed E-state index contributed by atoms with van der Waals surface area (Å²) in [6.45, 7) is 4.01. The van der Waals surface area contributed by atoms with Crippen molar-refractivity contribution in [3.63, 3.8) is 0 Å². The zero-order valence-corrected chi connectivity index (χ0v) is 11.1. The first-order valence-corrected chi connectivity index (χ1v) is 6.43. The van der Waals surface area contributed by atoms with Gasteiger partial charge in [0.1, 0.15) is 5.82 Å². The Hall–Kier alpha value is -1.46. The summed E-state index contributed by atoms with van der Waals surface area (Å²) >= 11 is 0. The molecule has 0 saturated carbocycles. The molecule has 2 N–H and O–H groups in total. The SMILES string of the molecule is CCCCN(CCO)Cc1ccc(C(=O)O)c(F)c1. The molecule has 0 bridgehead atoms. The topological polar surface area (TPSA) is 60.8 Å². The molecule has 0 aromatic heterocycles. The van der Waals surface area contributed by atoms with E-state index in [4.69, 9.17) is 10.2 Å². The predicted octanol–water partition coefficient (Wildman–Crippen LogP) is 2.12. The zero-order chi connectivity index (χ0) is 14.3. The second kappa shape index (κ2) is 7.86. The number of aromatic carboxylic acids is 1. The average Bonchev–Trinajstić information content (AvgIpc) is 2.36. The van der Waals surface area contributed by atoms with Crippen LogP contribution in [0.4, 0.5) is 4.39 Å². The van der Waals surface area contributed by atoms with Gasteiger partial charge < -0.3 is 10.2 Å². The highest BCUT2D eigenvalue weighted by molar-refractivity contribution is 5.87. The summed E-state index contributed by atoms with van der Waals surface area (Å²) in [5.74, 6) is -1.98. The highest BCUT2D eigenvalue weighted by atomic mass is 19.1. The van der Waals surface area contributed by atoms with Gasteiger partial charge in [0.05, 0.1) is 12.2 Å². The van der Waals surface area contributed by atoms with Gasteiger partial charge in [0.2, 0.25) is 0 Å². The number of carbonyl (C=O) groups is 1. The van der Waals surface area contributed by atoms with Gasteiger partial charge in [0.15, 0.2) is 0 Å². The maximum Gasteiger partial charge on any atom is 0.338 e. The van der Waals surface area contributed by atoms with Gasteiger partial charge in [-0.2, -0.15) is 0 Å². The molecule has 19 heavy (non-hydrogen) atoms. The molecule has 4 nitrogen and oxygen atoms in total. The van der Waals surface area contributed by atoms with E-state index in [1.165, 1.54) is 12.1 Å². The van der Waals surface area contributed by atoms with Crippen LogP contribution in [0.3, 0.4) is 0 Å². The molecule has 5 heteroatoms. The zero-order valence-electron chi connectivity index (χ0n) is 11.1. The van der Waals surface area contributed by atoms with Crippen molar-refractivity contribution in [2.45, 2.75) is 26.3 Å². The summed E-state index contributed by atoms with van der Waals surface area (Å²) in [6.07, 6.45) is 2.06. The average molecular weight is 269 g/mol. The molecule has 106 valence electrons. The van der Waals surface area contributed by atoms with Gasteiger partial charge in [-0.25, -0.2) is 9.18 Å². The maximum absolute atomic E-state index is 13.5. The molecule has 0 heterocycles. The Morgan fingerprint density at radius 3 is 2.63 bits per heavy atom. The normalized spacial score (nSPS) is 10.9. The maximum atomic E-state index is 13.5. The van der Waals surface area contributed by atoms with Crippen molar-refractivity contribution in [2.24, 2.45) is 0 Å². The van der Waals surface area contributed by atoms with Crippen LogP contribution in [0.25, 0.3) is 0 Å². The van der Waals surface area contributed by atoms with Crippen molar-refractivity contribution >= 4 is 5.97 Å². The number of carboxylic acids is 1. The quantitative estimate of drug-likeness (QED) is 0.759. The van der Waals surface area contributed by atoms with Gasteiger partial charge in [0, 0.05) is 13.1 Å². The van der Waals surface area contributed by atoms with Gasteiger partial charge in [-0.1, -0.05) is 19.4 Å². The Balaban J connectivity index is 2.73. The molecular formula is C14H20FNO3. The third-order valence-electron chi connectivity index (χ3n) is 2.91. The van der Waals surface area contributed by atoms with Crippen LogP contribution in [0, 0.1) is 5.82 Å². The molecule has 0 fully saturated rings. The van der Waals surface area contributed by atoms with Gasteiger partial charge in [0.25, 0.3) is 0 Å². The predicted molar refractivity (Wildman–Crippen MR) is 70.6 cm³/mol. The van der Waals surface area contributed by atoms with Crippen molar-refractivity contribution in [1.29, 1.82) is 0 Å². The molecule has 0 unspecified atom stereocenters. The van der Waals surface area contributed by atoms with E-state index in [0.717, 1.165) is 19.4 Å². The van der Waals surface area contributed by atoms with E-state index in [9.17, 15) is 9.18 Å². The van der Waals surface area contributed by atoms with E-state index in [0.29, 0.717) is 18.7 Å². The number of unbranched alkanes of at least 4 members (excludes halogenated alkanes) is 1. The minimum atomic E-state index is -1.26. The Labute approximate surface area is 112 Å². The number of benzene rings is 1. The van der Waals surface area contributed by atoms with E-state index in [1.54, 1.807) is 6.07 Å². The van der Waals surface area contributed by atoms with Crippen molar-refractivity contribution in [2.75, 3.05) is 19.7 Å². The van der Waals surface area contributed by atoms with Gasteiger partial charge in [-0.05, 0) is 30.7 Å². The number of halogens is 1. The summed E-state index contributed by atoms with van der Waals surface area (Å²) in [6, 6.07) is 4.15. The monoisotopic (exact) mass is 269 g/mol. The van der Waals surface area contributed by atoms with Gasteiger partial charge >= 0.3 is 5.97 Å². The number of hydrogen-bond acceptors (Lipinski definition) is 3. The molecule has 0 amide bonds. The van der Waals surface area contributed by atoms with Crippen molar-refractivity contribution < 1.29 is 19.4 Å². The lowest BCUT2D eigenvalue weighted by Gasteiger charge is -2.21. The Morgan fingerprint density at radius 1 is 1.37 bits per heavy atom. The number of aliphatic hydroxyl groups excluding tert-OH is 1. The number of carboxylic acid groups (broad SMARTS) is 1. The van der Waals surface area contributed by atoms with Crippen molar-refractivity contribution in [3.8, 4) is 0 Å². The number of hydrogen-bond donors (Lipinski definition) is 2. The molecule has 1 aromatic rings. The second-order valence-electron chi connectivity index (χ2n) is 4.47. The van der Waals surface area contributed by atoms with Crippen LogP contribution in [0.15, 0.2) is 18.2 Å². The number of nitrogens with zero attached hydrogens (tertiary/aromatic N) is 1. The summed E-state index contributed by atoms with van der Waals surface area (Å²) in [5.41, 5.74) is 0.401. The number of aliphatic hydroxyl groups is 1. The first-order valence-electron chi connectivity index (χ1n) is 6.43. The third kappa shape index (κ3) is 4.96. The highest BCUT2D eigenvalue weighted by Gasteiger charge is 2.12. The molecule has 0 saturated heterocycles. The van der Waals surface area contributed by atoms with E-state index >= 15 is 0 Å². The summed E-state index contributed by atoms with van der Waals surface area (Å²) in [4.78, 5) is 12.7. The molecule has 0 aliphatic rings. The lowest BCUT2D eigenvalue weighted by Crippen LogP contribution is -2.27. The summed E-state index contributed by atoms with van der Waals surface area (Å²) < 4.78 is 13.5.